The predicted octanol–water partition coefficient (Wildman–Crippen LogP) is 2.28. The summed E-state index contributed by atoms with van der Waals surface area (Å²) in [7, 11) is 0. The molecular weight excluding hydrogens is 276 g/mol. The van der Waals surface area contributed by atoms with Crippen LogP contribution in [0.4, 0.5) is 0 Å². The molecule has 4 nitrogen and oxygen atoms in total. The van der Waals surface area contributed by atoms with E-state index in [0.29, 0.717) is 30.5 Å². The van der Waals surface area contributed by atoms with Gasteiger partial charge in [0.1, 0.15) is 5.75 Å². The first-order valence-corrected chi connectivity index (χ1v) is 7.38. The molecule has 2 rings (SSSR count). The first kappa shape index (κ1) is 15.1. The van der Waals surface area contributed by atoms with E-state index in [-0.39, 0.29) is 11.9 Å². The van der Waals surface area contributed by atoms with Crippen molar-refractivity contribution in [2.24, 2.45) is 5.73 Å². The molecule has 0 aromatic heterocycles. The number of amides is 1. The number of rotatable bonds is 7. The molecule has 20 heavy (non-hydrogen) atoms. The van der Waals surface area contributed by atoms with Crippen LogP contribution in [-0.4, -0.2) is 24.6 Å². The van der Waals surface area contributed by atoms with Crippen LogP contribution in [0.15, 0.2) is 18.2 Å². The molecule has 1 amide bonds. The van der Waals surface area contributed by atoms with Gasteiger partial charge in [-0.15, -0.1) is 0 Å². The van der Waals surface area contributed by atoms with E-state index in [9.17, 15) is 4.79 Å². The molecule has 0 spiro atoms. The first-order chi connectivity index (χ1) is 9.54. The lowest BCUT2D eigenvalue weighted by Crippen LogP contribution is -2.26. The number of halogens is 1. The van der Waals surface area contributed by atoms with Crippen LogP contribution in [0.25, 0.3) is 0 Å². The number of nitrogens with one attached hydrogen (secondary N) is 1. The fraction of sp³-hybridized carbons (Fsp3) is 0.533. The Morgan fingerprint density at radius 1 is 1.55 bits per heavy atom. The van der Waals surface area contributed by atoms with E-state index in [1.807, 2.05) is 19.1 Å². The summed E-state index contributed by atoms with van der Waals surface area (Å²) >= 11 is 5.99. The summed E-state index contributed by atoms with van der Waals surface area (Å²) in [6.45, 7) is 2.31. The number of carbonyl (C=O) groups is 1. The number of hydrogen-bond donors (Lipinski definition) is 2. The Morgan fingerprint density at radius 2 is 2.30 bits per heavy atom. The minimum Gasteiger partial charge on any atom is -0.493 e. The smallest absolute Gasteiger partial charge is 0.223 e. The summed E-state index contributed by atoms with van der Waals surface area (Å²) < 4.78 is 5.69. The van der Waals surface area contributed by atoms with E-state index < -0.39 is 0 Å². The van der Waals surface area contributed by atoms with Gasteiger partial charge in [0.25, 0.3) is 0 Å². The second-order valence-corrected chi connectivity index (χ2v) is 5.81. The van der Waals surface area contributed by atoms with Crippen LogP contribution < -0.4 is 15.8 Å². The monoisotopic (exact) mass is 296 g/mol. The fourth-order valence-corrected chi connectivity index (χ4v) is 2.17. The largest absolute Gasteiger partial charge is 0.493 e. The van der Waals surface area contributed by atoms with Gasteiger partial charge in [0.05, 0.1) is 13.0 Å². The van der Waals surface area contributed by atoms with Crippen LogP contribution >= 0.6 is 11.6 Å². The quantitative estimate of drug-likeness (QED) is 0.811. The Hall–Kier alpha value is -1.26. The third-order valence-corrected chi connectivity index (χ3v) is 3.33. The van der Waals surface area contributed by atoms with Crippen LogP contribution in [0.5, 0.6) is 5.75 Å². The van der Waals surface area contributed by atoms with Crippen molar-refractivity contribution in [2.45, 2.75) is 44.7 Å². The van der Waals surface area contributed by atoms with Gasteiger partial charge < -0.3 is 15.8 Å². The van der Waals surface area contributed by atoms with E-state index in [1.54, 1.807) is 6.07 Å². The maximum absolute atomic E-state index is 11.6. The van der Waals surface area contributed by atoms with Gasteiger partial charge in [0, 0.05) is 17.1 Å². The van der Waals surface area contributed by atoms with Crippen molar-refractivity contribution in [3.63, 3.8) is 0 Å². The summed E-state index contributed by atoms with van der Waals surface area (Å²) in [5.41, 5.74) is 6.80. The summed E-state index contributed by atoms with van der Waals surface area (Å²) in [5.74, 6) is 0.807. The number of nitrogens with two attached hydrogens (primary N) is 1. The highest BCUT2D eigenvalue weighted by Crippen LogP contribution is 2.24. The molecule has 0 bridgehead atoms. The Balaban J connectivity index is 1.85. The third kappa shape index (κ3) is 5.02. The normalized spacial score (nSPS) is 15.8. The lowest BCUT2D eigenvalue weighted by molar-refractivity contribution is -0.121. The van der Waals surface area contributed by atoms with Gasteiger partial charge in [-0.25, -0.2) is 0 Å². The third-order valence-electron chi connectivity index (χ3n) is 3.09. The topological polar surface area (TPSA) is 64.3 Å². The van der Waals surface area contributed by atoms with Crippen molar-refractivity contribution in [3.05, 3.63) is 28.8 Å². The van der Waals surface area contributed by atoms with Crippen molar-refractivity contribution in [2.75, 3.05) is 6.61 Å². The molecule has 110 valence electrons. The van der Waals surface area contributed by atoms with Gasteiger partial charge in [-0.2, -0.15) is 0 Å². The molecule has 0 radical (unpaired) electrons. The van der Waals surface area contributed by atoms with E-state index >= 15 is 0 Å². The molecule has 3 N–H and O–H groups in total. The highest BCUT2D eigenvalue weighted by atomic mass is 35.5. The molecule has 1 fully saturated rings. The zero-order valence-electron chi connectivity index (χ0n) is 11.7. The second-order valence-electron chi connectivity index (χ2n) is 5.37. The lowest BCUT2D eigenvalue weighted by Gasteiger charge is -2.13. The van der Waals surface area contributed by atoms with Crippen molar-refractivity contribution in [1.82, 2.24) is 5.32 Å². The standard InChI is InChI=1S/C15H21ClN2O2/c1-10(17)8-11-9-12(16)2-5-14(11)20-7-6-15(19)18-13-3-4-13/h2,5,9-10,13H,3-4,6-8,17H2,1H3,(H,18,19). The Kier molecular flexibility index (Phi) is 5.26. The summed E-state index contributed by atoms with van der Waals surface area (Å²) in [6, 6.07) is 5.91. The van der Waals surface area contributed by atoms with Gasteiger partial charge in [0.15, 0.2) is 0 Å². The molecule has 1 aromatic carbocycles. The van der Waals surface area contributed by atoms with E-state index in [1.165, 1.54) is 0 Å². The molecule has 1 unspecified atom stereocenters. The van der Waals surface area contributed by atoms with Crippen molar-refractivity contribution >= 4 is 17.5 Å². The van der Waals surface area contributed by atoms with Gasteiger partial charge >= 0.3 is 0 Å². The molecule has 5 heteroatoms. The summed E-state index contributed by atoms with van der Waals surface area (Å²) in [5, 5.41) is 3.60. The minimum atomic E-state index is 0.0361. The van der Waals surface area contributed by atoms with Crippen molar-refractivity contribution in [1.29, 1.82) is 0 Å². The molecule has 1 atom stereocenters. The SMILES string of the molecule is CC(N)Cc1cc(Cl)ccc1OCCC(=O)NC1CC1. The summed E-state index contributed by atoms with van der Waals surface area (Å²) in [6.07, 6.45) is 3.27. The second kappa shape index (κ2) is 6.95. The van der Waals surface area contributed by atoms with Gasteiger partial charge in [0.2, 0.25) is 5.91 Å². The zero-order chi connectivity index (χ0) is 14.5. The number of carbonyl (C=O) groups excluding carboxylic acids is 1. The lowest BCUT2D eigenvalue weighted by atomic mass is 10.1. The van der Waals surface area contributed by atoms with E-state index in [4.69, 9.17) is 22.1 Å². The maximum Gasteiger partial charge on any atom is 0.223 e. The Morgan fingerprint density at radius 3 is 2.95 bits per heavy atom. The average molecular weight is 297 g/mol. The molecule has 1 aliphatic carbocycles. The Labute approximate surface area is 124 Å². The van der Waals surface area contributed by atoms with Crippen LogP contribution in [-0.2, 0) is 11.2 Å². The fourth-order valence-electron chi connectivity index (χ4n) is 1.98. The first-order valence-electron chi connectivity index (χ1n) is 7.01. The average Bonchev–Trinajstić information content (AvgIpc) is 3.15. The van der Waals surface area contributed by atoms with Crippen LogP contribution in [0.3, 0.4) is 0 Å². The molecular formula is C15H21ClN2O2. The molecule has 0 aliphatic heterocycles. The van der Waals surface area contributed by atoms with Crippen LogP contribution in [0.1, 0.15) is 31.7 Å². The van der Waals surface area contributed by atoms with Gasteiger partial charge in [-0.3, -0.25) is 4.79 Å². The van der Waals surface area contributed by atoms with Gasteiger partial charge in [-0.1, -0.05) is 11.6 Å². The predicted molar refractivity (Wildman–Crippen MR) is 80.1 cm³/mol. The number of benzene rings is 1. The van der Waals surface area contributed by atoms with E-state index in [0.717, 1.165) is 24.2 Å². The number of ether oxygens (including phenoxy) is 1. The molecule has 1 aromatic rings. The van der Waals surface area contributed by atoms with Crippen molar-refractivity contribution < 1.29 is 9.53 Å². The highest BCUT2D eigenvalue weighted by molar-refractivity contribution is 6.30. The number of hydrogen-bond acceptors (Lipinski definition) is 3. The van der Waals surface area contributed by atoms with Crippen molar-refractivity contribution in [3.8, 4) is 5.75 Å². The molecule has 0 saturated heterocycles. The molecule has 1 saturated carbocycles. The van der Waals surface area contributed by atoms with Crippen LogP contribution in [0, 0.1) is 0 Å². The Bertz CT molecular complexity index is 473. The highest BCUT2D eigenvalue weighted by Gasteiger charge is 2.22. The molecule has 0 heterocycles. The summed E-state index contributed by atoms with van der Waals surface area (Å²) in [4.78, 5) is 11.6. The van der Waals surface area contributed by atoms with E-state index in [2.05, 4.69) is 5.32 Å². The zero-order valence-corrected chi connectivity index (χ0v) is 12.5. The maximum atomic E-state index is 11.6. The van der Waals surface area contributed by atoms with Gasteiger partial charge in [-0.05, 0) is 49.9 Å². The minimum absolute atomic E-state index is 0.0361. The molecule has 1 aliphatic rings. The van der Waals surface area contributed by atoms with Crippen LogP contribution in [0.2, 0.25) is 5.02 Å².